The summed E-state index contributed by atoms with van der Waals surface area (Å²) in [6.07, 6.45) is 10.7. The standard InChI is InChI=1S/C31H43ClN2O3/c1-4-6-21-8-11-26(32)24-12-15-34(27(7-5-2)25-16-22(36)9-10-23(25)20(3)35)28(30(21)24)18-33-19-31(13-14-31)17-29(33)37/h7-8,11,22-23,25,28,36H,4-6,9-10,12-19H2,1-3H3/b27-7-. The number of halogens is 1. The summed E-state index contributed by atoms with van der Waals surface area (Å²) >= 11 is 6.81. The van der Waals surface area contributed by atoms with Crippen LogP contribution in [0.1, 0.15) is 94.9 Å². The highest BCUT2D eigenvalue weighted by Crippen LogP contribution is 2.54. The van der Waals surface area contributed by atoms with Crippen molar-refractivity contribution in [3.63, 3.8) is 0 Å². The zero-order valence-electron chi connectivity index (χ0n) is 22.8. The molecule has 202 valence electrons. The molecular weight excluding hydrogens is 484 g/mol. The lowest BCUT2D eigenvalue weighted by Crippen LogP contribution is -2.46. The van der Waals surface area contributed by atoms with Crippen molar-refractivity contribution >= 4 is 23.3 Å². The van der Waals surface area contributed by atoms with E-state index >= 15 is 0 Å². The van der Waals surface area contributed by atoms with Crippen molar-refractivity contribution in [3.05, 3.63) is 45.6 Å². The Balaban J connectivity index is 1.58. The number of rotatable bonds is 8. The summed E-state index contributed by atoms with van der Waals surface area (Å²) in [5.41, 5.74) is 5.25. The van der Waals surface area contributed by atoms with E-state index in [1.165, 1.54) is 22.4 Å². The first-order chi connectivity index (χ1) is 17.8. The molecule has 1 N–H and O–H groups in total. The van der Waals surface area contributed by atoms with E-state index in [2.05, 4.69) is 35.8 Å². The van der Waals surface area contributed by atoms with E-state index in [0.717, 1.165) is 63.1 Å². The lowest BCUT2D eigenvalue weighted by Gasteiger charge is -2.47. The molecular formula is C31H43ClN2O3. The molecule has 5 nitrogen and oxygen atoms in total. The Morgan fingerprint density at radius 3 is 2.65 bits per heavy atom. The van der Waals surface area contributed by atoms with Gasteiger partial charge in [0.1, 0.15) is 5.78 Å². The maximum absolute atomic E-state index is 13.2. The first-order valence-electron chi connectivity index (χ1n) is 14.5. The van der Waals surface area contributed by atoms with Crippen LogP contribution in [-0.2, 0) is 22.4 Å². The minimum absolute atomic E-state index is 0.00288. The number of amides is 1. The zero-order chi connectivity index (χ0) is 26.3. The van der Waals surface area contributed by atoms with E-state index in [1.54, 1.807) is 6.92 Å². The van der Waals surface area contributed by atoms with Crippen molar-refractivity contribution < 1.29 is 14.7 Å². The highest BCUT2D eigenvalue weighted by molar-refractivity contribution is 6.31. The van der Waals surface area contributed by atoms with Crippen molar-refractivity contribution in [3.8, 4) is 0 Å². The van der Waals surface area contributed by atoms with Gasteiger partial charge in [-0.1, -0.05) is 44.0 Å². The number of aliphatic hydroxyl groups excluding tert-OH is 1. The zero-order valence-corrected chi connectivity index (χ0v) is 23.5. The lowest BCUT2D eigenvalue weighted by molar-refractivity contribution is -0.128. The first-order valence-corrected chi connectivity index (χ1v) is 14.9. The number of hydrogen-bond acceptors (Lipinski definition) is 4. The van der Waals surface area contributed by atoms with E-state index in [-0.39, 0.29) is 41.1 Å². The number of benzene rings is 1. The van der Waals surface area contributed by atoms with Crippen LogP contribution in [0.15, 0.2) is 23.9 Å². The van der Waals surface area contributed by atoms with Crippen LogP contribution in [-0.4, -0.2) is 52.3 Å². The largest absolute Gasteiger partial charge is 0.393 e. The summed E-state index contributed by atoms with van der Waals surface area (Å²) < 4.78 is 0. The third-order valence-electron chi connectivity index (χ3n) is 9.45. The molecule has 0 aromatic heterocycles. The molecule has 0 radical (unpaired) electrons. The fourth-order valence-electron chi connectivity index (χ4n) is 7.41. The number of aliphatic hydroxyl groups is 1. The molecule has 2 heterocycles. The highest BCUT2D eigenvalue weighted by Gasteiger charge is 2.52. The molecule has 37 heavy (non-hydrogen) atoms. The topological polar surface area (TPSA) is 60.9 Å². The maximum atomic E-state index is 13.2. The molecule has 2 aliphatic heterocycles. The Bertz CT molecular complexity index is 1080. The van der Waals surface area contributed by atoms with Crippen LogP contribution in [0.2, 0.25) is 5.02 Å². The minimum Gasteiger partial charge on any atom is -0.393 e. The second-order valence-electron chi connectivity index (χ2n) is 12.1. The Kier molecular flexibility index (Phi) is 7.75. The second kappa shape index (κ2) is 10.7. The molecule has 2 aliphatic carbocycles. The molecule has 4 unspecified atom stereocenters. The van der Waals surface area contributed by atoms with Gasteiger partial charge in [0, 0.05) is 48.6 Å². The highest BCUT2D eigenvalue weighted by atomic mass is 35.5. The van der Waals surface area contributed by atoms with Gasteiger partial charge >= 0.3 is 0 Å². The van der Waals surface area contributed by atoms with Gasteiger partial charge in [0.2, 0.25) is 5.91 Å². The molecule has 0 bridgehead atoms. The predicted molar refractivity (Wildman–Crippen MR) is 147 cm³/mol. The van der Waals surface area contributed by atoms with Crippen molar-refractivity contribution in [2.75, 3.05) is 19.6 Å². The number of aryl methyl sites for hydroxylation is 1. The fraction of sp³-hybridized carbons (Fsp3) is 0.677. The summed E-state index contributed by atoms with van der Waals surface area (Å²) in [6.45, 7) is 8.39. The van der Waals surface area contributed by atoms with Gasteiger partial charge in [-0.3, -0.25) is 9.59 Å². The van der Waals surface area contributed by atoms with Gasteiger partial charge in [-0.15, -0.1) is 0 Å². The Labute approximate surface area is 227 Å². The monoisotopic (exact) mass is 526 g/mol. The summed E-state index contributed by atoms with van der Waals surface area (Å²) in [4.78, 5) is 30.6. The van der Waals surface area contributed by atoms with Crippen LogP contribution in [0, 0.1) is 17.3 Å². The number of carbonyl (C=O) groups excluding carboxylic acids is 2. The Morgan fingerprint density at radius 2 is 2.00 bits per heavy atom. The summed E-state index contributed by atoms with van der Waals surface area (Å²) in [6, 6.07) is 4.23. The minimum atomic E-state index is -0.378. The molecule has 1 aromatic carbocycles. The number of likely N-dealkylation sites (tertiary alicyclic amines) is 1. The van der Waals surface area contributed by atoms with E-state index in [0.29, 0.717) is 25.8 Å². The van der Waals surface area contributed by atoms with Crippen LogP contribution >= 0.6 is 11.6 Å². The normalized spacial score (nSPS) is 29.1. The van der Waals surface area contributed by atoms with Gasteiger partial charge in [-0.05, 0) is 86.5 Å². The average molecular weight is 527 g/mol. The molecule has 4 aliphatic rings. The number of hydrogen-bond donors (Lipinski definition) is 1. The van der Waals surface area contributed by atoms with Crippen molar-refractivity contribution in [1.82, 2.24) is 9.80 Å². The number of ketones is 1. The van der Waals surface area contributed by atoms with Gasteiger partial charge < -0.3 is 14.9 Å². The third-order valence-corrected chi connectivity index (χ3v) is 9.80. The number of carbonyl (C=O) groups is 2. The summed E-state index contributed by atoms with van der Waals surface area (Å²) in [7, 11) is 0. The number of allylic oxidation sites excluding steroid dienone is 2. The van der Waals surface area contributed by atoms with Gasteiger partial charge in [-0.2, -0.15) is 0 Å². The van der Waals surface area contributed by atoms with E-state index in [1.807, 2.05) is 6.07 Å². The molecule has 3 fully saturated rings. The molecule has 6 heteroatoms. The first kappa shape index (κ1) is 26.7. The molecule has 4 atom stereocenters. The van der Waals surface area contributed by atoms with Crippen LogP contribution in [0.4, 0.5) is 0 Å². The van der Waals surface area contributed by atoms with Crippen molar-refractivity contribution in [1.29, 1.82) is 0 Å². The van der Waals surface area contributed by atoms with Gasteiger partial charge in [0.15, 0.2) is 0 Å². The predicted octanol–water partition coefficient (Wildman–Crippen LogP) is 5.86. The SMILES string of the molecule is CC/C=C(/C1CC(O)CCC1C(C)=O)N1CCc2c(Cl)ccc(CCC)c2C1CN1CC2(CC2)CC1=O. The summed E-state index contributed by atoms with van der Waals surface area (Å²) in [5.74, 6) is 0.427. The maximum Gasteiger partial charge on any atom is 0.223 e. The van der Waals surface area contributed by atoms with E-state index < -0.39 is 0 Å². The number of Topliss-reactive ketones (excluding diaryl/α,β-unsaturated/α-hetero) is 1. The number of nitrogens with zero attached hydrogens (tertiary/aromatic N) is 2. The molecule has 1 amide bonds. The van der Waals surface area contributed by atoms with Crippen LogP contribution < -0.4 is 0 Å². The lowest BCUT2D eigenvalue weighted by atomic mass is 9.73. The smallest absolute Gasteiger partial charge is 0.223 e. The second-order valence-corrected chi connectivity index (χ2v) is 12.5. The quantitative estimate of drug-likeness (QED) is 0.460. The fourth-order valence-corrected chi connectivity index (χ4v) is 7.67. The number of fused-ring (bicyclic) bond motifs is 1. The van der Waals surface area contributed by atoms with Gasteiger partial charge in [0.05, 0.1) is 12.1 Å². The van der Waals surface area contributed by atoms with Crippen molar-refractivity contribution in [2.45, 2.75) is 97.1 Å². The molecule has 2 saturated carbocycles. The molecule has 5 rings (SSSR count). The molecule has 1 spiro atoms. The van der Waals surface area contributed by atoms with E-state index in [4.69, 9.17) is 11.6 Å². The molecule has 1 saturated heterocycles. The average Bonchev–Trinajstić information content (AvgIpc) is 3.54. The summed E-state index contributed by atoms with van der Waals surface area (Å²) in [5, 5.41) is 11.5. The van der Waals surface area contributed by atoms with E-state index in [9.17, 15) is 14.7 Å². The van der Waals surface area contributed by atoms with Gasteiger partial charge in [-0.25, -0.2) is 0 Å². The Hall–Kier alpha value is -1.85. The molecule has 1 aromatic rings. The van der Waals surface area contributed by atoms with Crippen LogP contribution in [0.5, 0.6) is 0 Å². The van der Waals surface area contributed by atoms with Crippen LogP contribution in [0.25, 0.3) is 0 Å². The van der Waals surface area contributed by atoms with Crippen LogP contribution in [0.3, 0.4) is 0 Å². The Morgan fingerprint density at radius 1 is 1.22 bits per heavy atom. The third kappa shape index (κ3) is 5.23. The van der Waals surface area contributed by atoms with Crippen molar-refractivity contribution in [2.24, 2.45) is 17.3 Å². The van der Waals surface area contributed by atoms with Gasteiger partial charge in [0.25, 0.3) is 0 Å².